The lowest BCUT2D eigenvalue weighted by Gasteiger charge is -2.30. The monoisotopic (exact) mass is 264 g/mol. The second-order valence-electron chi connectivity index (χ2n) is 5.44. The van der Waals surface area contributed by atoms with Crippen LogP contribution in [0.25, 0.3) is 0 Å². The van der Waals surface area contributed by atoms with E-state index in [1.807, 2.05) is 0 Å². The van der Waals surface area contributed by atoms with Crippen molar-refractivity contribution in [3.8, 4) is 0 Å². The Morgan fingerprint density at radius 2 is 1.68 bits per heavy atom. The minimum atomic E-state index is -0.189. The molecule has 0 aromatic rings. The molecule has 0 radical (unpaired) electrons. The lowest BCUT2D eigenvalue weighted by Crippen LogP contribution is -2.37. The molecule has 1 N–H and O–H groups in total. The Morgan fingerprint density at radius 1 is 1.16 bits per heavy atom. The van der Waals surface area contributed by atoms with E-state index in [4.69, 9.17) is 0 Å². The van der Waals surface area contributed by atoms with E-state index in [0.717, 1.165) is 32.2 Å². The Balaban J connectivity index is 1.73. The second-order valence-corrected chi connectivity index (χ2v) is 5.44. The molecule has 0 atom stereocenters. The van der Waals surface area contributed by atoms with Crippen molar-refractivity contribution < 1.29 is 14.4 Å². The van der Waals surface area contributed by atoms with Crippen LogP contribution in [0.3, 0.4) is 0 Å². The zero-order chi connectivity index (χ0) is 13.8. The summed E-state index contributed by atoms with van der Waals surface area (Å²) >= 11 is 0. The fourth-order valence-corrected chi connectivity index (χ4v) is 2.78. The molecule has 2 rings (SSSR count). The van der Waals surface area contributed by atoms with Gasteiger partial charge in [0.2, 0.25) is 5.91 Å². The van der Waals surface area contributed by atoms with E-state index in [2.05, 4.69) is 5.32 Å². The lowest BCUT2D eigenvalue weighted by molar-refractivity contribution is -0.137. The molecule has 0 spiro atoms. The molecule has 5 heteroatoms. The Kier molecular flexibility index (Phi) is 4.35. The molecule has 1 saturated carbocycles. The van der Waals surface area contributed by atoms with Crippen LogP contribution in [0.4, 0.5) is 0 Å². The Morgan fingerprint density at radius 3 is 2.21 bits per heavy atom. The summed E-state index contributed by atoms with van der Waals surface area (Å²) in [5.41, 5.74) is 0. The maximum Gasteiger partial charge on any atom is 0.253 e. The summed E-state index contributed by atoms with van der Waals surface area (Å²) in [5, 5.41) is 2.85. The van der Waals surface area contributed by atoms with Crippen LogP contribution in [0.2, 0.25) is 0 Å². The highest BCUT2D eigenvalue weighted by molar-refractivity contribution is 6.12. The summed E-state index contributed by atoms with van der Waals surface area (Å²) in [5.74, 6) is 0.571. The first-order valence-electron chi connectivity index (χ1n) is 6.84. The van der Waals surface area contributed by atoms with E-state index in [9.17, 15) is 14.4 Å². The van der Waals surface area contributed by atoms with Crippen LogP contribution in [-0.2, 0) is 14.4 Å². The van der Waals surface area contributed by atoms with Crippen molar-refractivity contribution in [2.24, 2.45) is 11.8 Å². The number of rotatable bonds is 4. The quantitative estimate of drug-likeness (QED) is 0.766. The normalized spacial score (nSPS) is 26.9. The highest BCUT2D eigenvalue weighted by atomic mass is 16.2. The van der Waals surface area contributed by atoms with Crippen LogP contribution in [0.1, 0.15) is 32.6 Å². The van der Waals surface area contributed by atoms with Crippen LogP contribution in [-0.4, -0.2) is 35.7 Å². The Bertz CT molecular complexity index is 391. The first-order valence-corrected chi connectivity index (χ1v) is 6.84. The molecule has 0 bridgehead atoms. The van der Waals surface area contributed by atoms with E-state index in [1.54, 1.807) is 0 Å². The van der Waals surface area contributed by atoms with Gasteiger partial charge in [0.05, 0.1) is 0 Å². The van der Waals surface area contributed by atoms with Crippen LogP contribution in [0, 0.1) is 11.8 Å². The summed E-state index contributed by atoms with van der Waals surface area (Å²) in [6.45, 7) is 2.81. The molecule has 0 unspecified atom stereocenters. The van der Waals surface area contributed by atoms with Crippen LogP contribution >= 0.6 is 0 Å². The molecule has 1 aliphatic carbocycles. The SMILES string of the molecule is CC(=O)NCC1CCC(CN2C(=O)C=CC2=O)CC1. The van der Waals surface area contributed by atoms with Gasteiger partial charge in [0, 0.05) is 32.2 Å². The van der Waals surface area contributed by atoms with E-state index in [1.165, 1.54) is 24.0 Å². The molecule has 5 nitrogen and oxygen atoms in total. The second kappa shape index (κ2) is 5.99. The van der Waals surface area contributed by atoms with Gasteiger partial charge in [0.15, 0.2) is 0 Å². The predicted octanol–water partition coefficient (Wildman–Crippen LogP) is 0.854. The Labute approximate surface area is 113 Å². The zero-order valence-corrected chi connectivity index (χ0v) is 11.2. The fraction of sp³-hybridized carbons (Fsp3) is 0.643. The maximum atomic E-state index is 11.5. The smallest absolute Gasteiger partial charge is 0.253 e. The standard InChI is InChI=1S/C14H20N2O3/c1-10(17)15-8-11-2-4-12(5-3-11)9-16-13(18)6-7-14(16)19/h6-7,11-12H,2-5,8-9H2,1H3,(H,15,17). The highest BCUT2D eigenvalue weighted by Gasteiger charge is 2.29. The van der Waals surface area contributed by atoms with Crippen LogP contribution < -0.4 is 5.32 Å². The molecule has 2 aliphatic rings. The summed E-state index contributed by atoms with van der Waals surface area (Å²) in [4.78, 5) is 35.1. The third-order valence-corrected chi connectivity index (χ3v) is 3.95. The molecule has 0 aromatic carbocycles. The van der Waals surface area contributed by atoms with Crippen molar-refractivity contribution in [1.82, 2.24) is 10.2 Å². The van der Waals surface area contributed by atoms with Gasteiger partial charge in [-0.15, -0.1) is 0 Å². The van der Waals surface area contributed by atoms with Gasteiger partial charge >= 0.3 is 0 Å². The molecule has 1 heterocycles. The number of carbonyl (C=O) groups excluding carboxylic acids is 3. The van der Waals surface area contributed by atoms with Crippen molar-refractivity contribution in [2.75, 3.05) is 13.1 Å². The number of imide groups is 1. The van der Waals surface area contributed by atoms with Crippen LogP contribution in [0.5, 0.6) is 0 Å². The molecule has 0 saturated heterocycles. The first-order chi connectivity index (χ1) is 9.06. The largest absolute Gasteiger partial charge is 0.356 e. The van der Waals surface area contributed by atoms with Gasteiger partial charge in [0.25, 0.3) is 11.8 Å². The third-order valence-electron chi connectivity index (χ3n) is 3.95. The number of carbonyl (C=O) groups is 3. The topological polar surface area (TPSA) is 66.5 Å². The van der Waals surface area contributed by atoms with Crippen molar-refractivity contribution in [1.29, 1.82) is 0 Å². The minimum Gasteiger partial charge on any atom is -0.356 e. The minimum absolute atomic E-state index is 0.0152. The van der Waals surface area contributed by atoms with E-state index in [-0.39, 0.29) is 17.7 Å². The average Bonchev–Trinajstić information content (AvgIpc) is 2.70. The van der Waals surface area contributed by atoms with E-state index < -0.39 is 0 Å². The summed E-state index contributed by atoms with van der Waals surface area (Å²) < 4.78 is 0. The molecule has 19 heavy (non-hydrogen) atoms. The van der Waals surface area contributed by atoms with Gasteiger partial charge in [-0.25, -0.2) is 0 Å². The van der Waals surface area contributed by atoms with Crippen LogP contribution in [0.15, 0.2) is 12.2 Å². The predicted molar refractivity (Wildman–Crippen MR) is 70.0 cm³/mol. The third kappa shape index (κ3) is 3.66. The summed E-state index contributed by atoms with van der Waals surface area (Å²) in [6.07, 6.45) is 6.81. The van der Waals surface area contributed by atoms with Gasteiger partial charge in [-0.2, -0.15) is 0 Å². The molecular weight excluding hydrogens is 244 g/mol. The van der Waals surface area contributed by atoms with E-state index >= 15 is 0 Å². The van der Waals surface area contributed by atoms with Crippen molar-refractivity contribution >= 4 is 17.7 Å². The molecular formula is C14H20N2O3. The van der Waals surface area contributed by atoms with E-state index in [0.29, 0.717) is 18.4 Å². The van der Waals surface area contributed by atoms with Gasteiger partial charge in [-0.3, -0.25) is 19.3 Å². The van der Waals surface area contributed by atoms with Gasteiger partial charge in [-0.1, -0.05) is 0 Å². The highest BCUT2D eigenvalue weighted by Crippen LogP contribution is 2.29. The summed E-state index contributed by atoms with van der Waals surface area (Å²) in [6, 6.07) is 0. The van der Waals surface area contributed by atoms with Crippen molar-refractivity contribution in [2.45, 2.75) is 32.6 Å². The summed E-state index contributed by atoms with van der Waals surface area (Å²) in [7, 11) is 0. The molecule has 3 amide bonds. The fourth-order valence-electron chi connectivity index (χ4n) is 2.78. The molecule has 104 valence electrons. The number of nitrogens with one attached hydrogen (secondary N) is 1. The number of hydrogen-bond acceptors (Lipinski definition) is 3. The maximum absolute atomic E-state index is 11.5. The number of hydrogen-bond donors (Lipinski definition) is 1. The lowest BCUT2D eigenvalue weighted by atomic mass is 9.81. The Hall–Kier alpha value is -1.65. The first kappa shape index (κ1) is 13.8. The van der Waals surface area contributed by atoms with Gasteiger partial charge in [0.1, 0.15) is 0 Å². The number of nitrogens with zero attached hydrogens (tertiary/aromatic N) is 1. The zero-order valence-electron chi connectivity index (χ0n) is 11.2. The van der Waals surface area contributed by atoms with Crippen molar-refractivity contribution in [3.05, 3.63) is 12.2 Å². The van der Waals surface area contributed by atoms with Gasteiger partial charge in [-0.05, 0) is 37.5 Å². The average molecular weight is 264 g/mol. The molecule has 1 fully saturated rings. The number of amides is 3. The van der Waals surface area contributed by atoms with Gasteiger partial charge < -0.3 is 5.32 Å². The molecule has 1 aliphatic heterocycles. The molecule has 0 aromatic heterocycles. The van der Waals surface area contributed by atoms with Crippen molar-refractivity contribution in [3.63, 3.8) is 0 Å².